The minimum absolute atomic E-state index is 0.264. The molecule has 1 atom stereocenters. The highest BCUT2D eigenvalue weighted by atomic mass is 35.5. The van der Waals surface area contributed by atoms with Gasteiger partial charge < -0.3 is 5.32 Å². The van der Waals surface area contributed by atoms with Gasteiger partial charge in [0.2, 0.25) is 0 Å². The average Bonchev–Trinajstić information content (AvgIpc) is 2.39. The Balaban J connectivity index is 2.29. The summed E-state index contributed by atoms with van der Waals surface area (Å²) in [5.41, 5.74) is 4.56. The molecule has 1 aromatic carbocycles. The molecule has 0 spiro atoms. The summed E-state index contributed by atoms with van der Waals surface area (Å²) in [5.74, 6) is 0. The highest BCUT2D eigenvalue weighted by Gasteiger charge is 2.14. The van der Waals surface area contributed by atoms with E-state index in [4.69, 9.17) is 11.6 Å². The van der Waals surface area contributed by atoms with Gasteiger partial charge in [0.1, 0.15) is 0 Å². The number of hydrogen-bond acceptors (Lipinski definition) is 2. The van der Waals surface area contributed by atoms with Gasteiger partial charge in [-0.05, 0) is 56.1 Å². The first-order valence-electron chi connectivity index (χ1n) is 7.02. The van der Waals surface area contributed by atoms with Gasteiger partial charge in [-0.1, -0.05) is 36.7 Å². The molecule has 0 fully saturated rings. The predicted molar refractivity (Wildman–Crippen MR) is 85.3 cm³/mol. The first-order valence-corrected chi connectivity index (χ1v) is 7.40. The van der Waals surface area contributed by atoms with E-state index in [9.17, 15) is 0 Å². The van der Waals surface area contributed by atoms with Crippen molar-refractivity contribution in [3.63, 3.8) is 0 Å². The molecule has 0 amide bonds. The summed E-state index contributed by atoms with van der Waals surface area (Å²) < 4.78 is 0. The number of likely N-dealkylation sites (N-methyl/N-ethyl adjacent to an activating group) is 1. The van der Waals surface area contributed by atoms with Gasteiger partial charge in [0.15, 0.2) is 0 Å². The maximum atomic E-state index is 6.28. The van der Waals surface area contributed by atoms with Crippen molar-refractivity contribution < 1.29 is 0 Å². The van der Waals surface area contributed by atoms with Gasteiger partial charge in [-0.25, -0.2) is 0 Å². The van der Waals surface area contributed by atoms with Gasteiger partial charge in [-0.2, -0.15) is 0 Å². The normalized spacial score (nSPS) is 12.4. The molecule has 0 aliphatic rings. The van der Waals surface area contributed by atoms with Crippen molar-refractivity contribution in [3.8, 4) is 0 Å². The number of rotatable bonds is 5. The highest BCUT2D eigenvalue weighted by molar-refractivity contribution is 6.31. The number of pyridine rings is 1. The van der Waals surface area contributed by atoms with Crippen LogP contribution in [0.4, 0.5) is 0 Å². The van der Waals surface area contributed by atoms with Crippen LogP contribution in [0.15, 0.2) is 36.4 Å². The van der Waals surface area contributed by atoms with E-state index in [0.717, 1.165) is 29.4 Å². The molecule has 2 aromatic rings. The first-order chi connectivity index (χ1) is 9.60. The second kappa shape index (κ2) is 6.87. The quantitative estimate of drug-likeness (QED) is 0.890. The Morgan fingerprint density at radius 2 is 1.80 bits per heavy atom. The van der Waals surface area contributed by atoms with Crippen molar-refractivity contribution in [2.75, 3.05) is 6.54 Å². The molecule has 0 radical (unpaired) electrons. The Morgan fingerprint density at radius 1 is 1.15 bits per heavy atom. The molecule has 1 aromatic heterocycles. The Morgan fingerprint density at radius 3 is 2.40 bits per heavy atom. The molecule has 0 saturated carbocycles. The second-order valence-corrected chi connectivity index (χ2v) is 5.50. The lowest BCUT2D eigenvalue weighted by Gasteiger charge is -2.20. The molecule has 1 heterocycles. The molecule has 0 saturated heterocycles. The summed E-state index contributed by atoms with van der Waals surface area (Å²) in [7, 11) is 0. The smallest absolute Gasteiger partial charge is 0.0438 e. The second-order valence-electron chi connectivity index (χ2n) is 5.09. The van der Waals surface area contributed by atoms with Crippen LogP contribution in [0.25, 0.3) is 0 Å². The monoisotopic (exact) mass is 288 g/mol. The lowest BCUT2D eigenvalue weighted by atomic mass is 9.98. The van der Waals surface area contributed by atoms with E-state index in [-0.39, 0.29) is 6.04 Å². The third-order valence-electron chi connectivity index (χ3n) is 3.34. The van der Waals surface area contributed by atoms with E-state index in [2.05, 4.69) is 35.4 Å². The zero-order valence-corrected chi connectivity index (χ0v) is 13.0. The summed E-state index contributed by atoms with van der Waals surface area (Å²) in [4.78, 5) is 4.45. The van der Waals surface area contributed by atoms with Crippen LogP contribution >= 0.6 is 11.6 Å². The van der Waals surface area contributed by atoms with Crippen LogP contribution in [-0.2, 0) is 6.42 Å². The number of benzene rings is 1. The summed E-state index contributed by atoms with van der Waals surface area (Å²) in [6.45, 7) is 7.13. The van der Waals surface area contributed by atoms with Crippen LogP contribution in [-0.4, -0.2) is 11.5 Å². The summed E-state index contributed by atoms with van der Waals surface area (Å²) in [6.07, 6.45) is 0.885. The standard InChI is InChI=1S/C17H21ClN2/c1-4-19-17(11-14-7-5-6-8-16(14)18)15-9-12(2)20-13(3)10-15/h5-10,17,19H,4,11H2,1-3H3. The fourth-order valence-electron chi connectivity index (χ4n) is 2.51. The highest BCUT2D eigenvalue weighted by Crippen LogP contribution is 2.24. The molecule has 106 valence electrons. The van der Waals surface area contributed by atoms with Gasteiger partial charge in [-0.15, -0.1) is 0 Å². The largest absolute Gasteiger partial charge is 0.310 e. The van der Waals surface area contributed by atoms with Crippen molar-refractivity contribution in [3.05, 3.63) is 63.9 Å². The molecule has 3 heteroatoms. The lowest BCUT2D eigenvalue weighted by Crippen LogP contribution is -2.23. The van der Waals surface area contributed by atoms with Crippen LogP contribution in [0.2, 0.25) is 5.02 Å². The van der Waals surface area contributed by atoms with Gasteiger partial charge >= 0.3 is 0 Å². The molecule has 2 rings (SSSR count). The number of nitrogens with zero attached hydrogens (tertiary/aromatic N) is 1. The molecule has 20 heavy (non-hydrogen) atoms. The van der Waals surface area contributed by atoms with Crippen molar-refractivity contribution in [2.24, 2.45) is 0 Å². The van der Waals surface area contributed by atoms with E-state index >= 15 is 0 Å². The number of aryl methyl sites for hydroxylation is 2. The molecule has 1 unspecified atom stereocenters. The van der Waals surface area contributed by atoms with E-state index in [1.54, 1.807) is 0 Å². The van der Waals surface area contributed by atoms with Crippen molar-refractivity contribution >= 4 is 11.6 Å². The lowest BCUT2D eigenvalue weighted by molar-refractivity contribution is 0.548. The first kappa shape index (κ1) is 15.0. The topological polar surface area (TPSA) is 24.9 Å². The SMILES string of the molecule is CCNC(Cc1ccccc1Cl)c1cc(C)nc(C)c1. The van der Waals surface area contributed by atoms with E-state index in [0.29, 0.717) is 0 Å². The van der Waals surface area contributed by atoms with E-state index < -0.39 is 0 Å². The maximum Gasteiger partial charge on any atom is 0.0438 e. The zero-order chi connectivity index (χ0) is 14.5. The number of aromatic nitrogens is 1. The van der Waals surface area contributed by atoms with Gasteiger partial charge in [-0.3, -0.25) is 4.98 Å². The van der Waals surface area contributed by atoms with Crippen molar-refractivity contribution in [1.29, 1.82) is 0 Å². The zero-order valence-electron chi connectivity index (χ0n) is 12.3. The summed E-state index contributed by atoms with van der Waals surface area (Å²) >= 11 is 6.28. The molecular weight excluding hydrogens is 268 g/mol. The van der Waals surface area contributed by atoms with Gasteiger partial charge in [0, 0.05) is 22.5 Å². The summed E-state index contributed by atoms with van der Waals surface area (Å²) in [6, 6.07) is 12.6. The average molecular weight is 289 g/mol. The third kappa shape index (κ3) is 3.81. The van der Waals surface area contributed by atoms with Crippen LogP contribution in [0.3, 0.4) is 0 Å². The van der Waals surface area contributed by atoms with Crippen molar-refractivity contribution in [2.45, 2.75) is 33.2 Å². The molecule has 0 bridgehead atoms. The Kier molecular flexibility index (Phi) is 5.16. The molecular formula is C17H21ClN2. The Labute approximate surface area is 126 Å². The number of halogens is 1. The Bertz CT molecular complexity index is 561. The van der Waals surface area contributed by atoms with E-state index in [1.807, 2.05) is 32.0 Å². The van der Waals surface area contributed by atoms with Crippen molar-refractivity contribution in [1.82, 2.24) is 10.3 Å². The Hall–Kier alpha value is -1.38. The third-order valence-corrected chi connectivity index (χ3v) is 3.71. The molecule has 0 aliphatic heterocycles. The fraction of sp³-hybridized carbons (Fsp3) is 0.353. The molecule has 2 nitrogen and oxygen atoms in total. The molecule has 0 aliphatic carbocycles. The van der Waals surface area contributed by atoms with Crippen LogP contribution < -0.4 is 5.32 Å². The van der Waals surface area contributed by atoms with Crippen LogP contribution in [0, 0.1) is 13.8 Å². The van der Waals surface area contributed by atoms with Crippen LogP contribution in [0.1, 0.15) is 35.5 Å². The number of nitrogens with one attached hydrogen (secondary N) is 1. The minimum atomic E-state index is 0.264. The number of hydrogen-bond donors (Lipinski definition) is 1. The minimum Gasteiger partial charge on any atom is -0.310 e. The summed E-state index contributed by atoms with van der Waals surface area (Å²) in [5, 5.41) is 4.37. The predicted octanol–water partition coefficient (Wildman–Crippen LogP) is 4.25. The fourth-order valence-corrected chi connectivity index (χ4v) is 2.72. The van der Waals surface area contributed by atoms with Crippen LogP contribution in [0.5, 0.6) is 0 Å². The van der Waals surface area contributed by atoms with E-state index in [1.165, 1.54) is 11.1 Å². The van der Waals surface area contributed by atoms with Gasteiger partial charge in [0.05, 0.1) is 0 Å². The van der Waals surface area contributed by atoms with Gasteiger partial charge in [0.25, 0.3) is 0 Å². The maximum absolute atomic E-state index is 6.28. The molecule has 1 N–H and O–H groups in total.